The number of aliphatic hydroxyl groups is 1. The molecule has 1 aliphatic rings. The molecule has 0 spiro atoms. The van der Waals surface area contributed by atoms with Crippen LogP contribution in [0.4, 0.5) is 0 Å². The van der Waals surface area contributed by atoms with Gasteiger partial charge in [-0.3, -0.25) is 4.79 Å². The number of ether oxygens (including phenoxy) is 1. The van der Waals surface area contributed by atoms with Crippen LogP contribution in [0.1, 0.15) is 27.2 Å². The van der Waals surface area contributed by atoms with E-state index in [1.54, 1.807) is 13.8 Å². The lowest BCUT2D eigenvalue weighted by Gasteiger charge is -2.23. The summed E-state index contributed by atoms with van der Waals surface area (Å²) in [6.07, 6.45) is -0.372. The summed E-state index contributed by atoms with van der Waals surface area (Å²) in [5, 5.41) is 18.7. The van der Waals surface area contributed by atoms with E-state index in [0.29, 0.717) is 6.42 Å². The van der Waals surface area contributed by atoms with Crippen molar-refractivity contribution in [2.24, 2.45) is 11.8 Å². The monoisotopic (exact) mass is 216 g/mol. The number of hydrogen-bond donors (Lipinski definition) is 2. The topological polar surface area (TPSA) is 83.8 Å². The summed E-state index contributed by atoms with van der Waals surface area (Å²) in [5.74, 6) is -3.00. The first-order chi connectivity index (χ1) is 6.82. The van der Waals surface area contributed by atoms with Crippen LogP contribution in [0.25, 0.3) is 0 Å². The second-order valence-corrected chi connectivity index (χ2v) is 4.16. The maximum atomic E-state index is 11.3. The highest BCUT2D eigenvalue weighted by molar-refractivity contribution is 5.83. The highest BCUT2D eigenvalue weighted by Gasteiger charge is 2.54. The third-order valence-corrected chi connectivity index (χ3v) is 3.19. The van der Waals surface area contributed by atoms with E-state index in [0.717, 1.165) is 0 Å². The molecule has 5 heteroatoms. The molecule has 86 valence electrons. The normalized spacial score (nSPS) is 37.5. The quantitative estimate of drug-likeness (QED) is 0.667. The second-order valence-electron chi connectivity index (χ2n) is 4.16. The van der Waals surface area contributed by atoms with E-state index in [9.17, 15) is 14.7 Å². The molecule has 15 heavy (non-hydrogen) atoms. The van der Waals surface area contributed by atoms with Crippen LogP contribution in [0, 0.1) is 11.8 Å². The highest BCUT2D eigenvalue weighted by atomic mass is 16.6. The molecule has 1 saturated heterocycles. The van der Waals surface area contributed by atoms with Gasteiger partial charge in [-0.2, -0.15) is 0 Å². The molecule has 0 saturated carbocycles. The Labute approximate surface area is 88.0 Å². The number of carboxylic acid groups (broad SMARTS) is 1. The average molecular weight is 216 g/mol. The molecule has 0 bridgehead atoms. The molecule has 1 heterocycles. The molecular weight excluding hydrogens is 200 g/mol. The summed E-state index contributed by atoms with van der Waals surface area (Å²) in [6.45, 7) is 4.70. The number of carboxylic acids is 1. The van der Waals surface area contributed by atoms with Gasteiger partial charge in [-0.25, -0.2) is 4.79 Å². The summed E-state index contributed by atoms with van der Waals surface area (Å²) < 4.78 is 4.93. The Bertz CT molecular complexity index is 284. The van der Waals surface area contributed by atoms with Crippen LogP contribution in [-0.2, 0) is 14.3 Å². The van der Waals surface area contributed by atoms with Crippen molar-refractivity contribution in [2.45, 2.75) is 38.9 Å². The Kier molecular flexibility index (Phi) is 3.04. The van der Waals surface area contributed by atoms with Gasteiger partial charge in [0.15, 0.2) is 5.60 Å². The molecule has 5 nitrogen and oxygen atoms in total. The molecule has 0 aromatic carbocycles. The number of esters is 1. The first kappa shape index (κ1) is 12.0. The van der Waals surface area contributed by atoms with Crippen molar-refractivity contribution in [3.05, 3.63) is 0 Å². The SMILES string of the molecule is CC[C@@H](C(=O)O)[C@@H]1OC(=O)[C@](C)(O)[C@@H]1C. The van der Waals surface area contributed by atoms with Crippen molar-refractivity contribution in [3.63, 3.8) is 0 Å². The van der Waals surface area contributed by atoms with Crippen molar-refractivity contribution in [1.82, 2.24) is 0 Å². The minimum Gasteiger partial charge on any atom is -0.481 e. The summed E-state index contributed by atoms with van der Waals surface area (Å²) in [4.78, 5) is 22.2. The van der Waals surface area contributed by atoms with Crippen LogP contribution < -0.4 is 0 Å². The largest absolute Gasteiger partial charge is 0.481 e. The van der Waals surface area contributed by atoms with Crippen molar-refractivity contribution >= 4 is 11.9 Å². The zero-order chi connectivity index (χ0) is 11.8. The van der Waals surface area contributed by atoms with E-state index in [4.69, 9.17) is 9.84 Å². The molecule has 0 aromatic heterocycles. The van der Waals surface area contributed by atoms with E-state index < -0.39 is 35.5 Å². The van der Waals surface area contributed by atoms with Gasteiger partial charge >= 0.3 is 11.9 Å². The fourth-order valence-corrected chi connectivity index (χ4v) is 1.83. The van der Waals surface area contributed by atoms with Gasteiger partial charge in [-0.1, -0.05) is 13.8 Å². The Hall–Kier alpha value is -1.10. The van der Waals surface area contributed by atoms with Crippen molar-refractivity contribution in [2.75, 3.05) is 0 Å². The molecule has 0 radical (unpaired) electrons. The predicted molar refractivity (Wildman–Crippen MR) is 51.1 cm³/mol. The van der Waals surface area contributed by atoms with Crippen LogP contribution in [0.5, 0.6) is 0 Å². The number of aliphatic carboxylic acids is 1. The lowest BCUT2D eigenvalue weighted by atomic mass is 9.83. The van der Waals surface area contributed by atoms with Gasteiger partial charge < -0.3 is 14.9 Å². The van der Waals surface area contributed by atoms with Gasteiger partial charge in [0, 0.05) is 5.92 Å². The first-order valence-corrected chi connectivity index (χ1v) is 4.98. The van der Waals surface area contributed by atoms with Crippen molar-refractivity contribution in [1.29, 1.82) is 0 Å². The third kappa shape index (κ3) is 1.84. The van der Waals surface area contributed by atoms with E-state index in [1.807, 2.05) is 0 Å². The van der Waals surface area contributed by atoms with Crippen LogP contribution in [0.15, 0.2) is 0 Å². The molecule has 4 atom stereocenters. The number of carbonyl (C=O) groups is 2. The van der Waals surface area contributed by atoms with Crippen LogP contribution in [0.2, 0.25) is 0 Å². The van der Waals surface area contributed by atoms with Gasteiger partial charge in [0.25, 0.3) is 0 Å². The van der Waals surface area contributed by atoms with E-state index in [1.165, 1.54) is 6.92 Å². The van der Waals surface area contributed by atoms with Crippen LogP contribution in [-0.4, -0.2) is 33.9 Å². The van der Waals surface area contributed by atoms with Crippen molar-refractivity contribution in [3.8, 4) is 0 Å². The fourth-order valence-electron chi connectivity index (χ4n) is 1.83. The maximum absolute atomic E-state index is 11.3. The molecule has 1 fully saturated rings. The van der Waals surface area contributed by atoms with Gasteiger partial charge in [-0.15, -0.1) is 0 Å². The smallest absolute Gasteiger partial charge is 0.338 e. The van der Waals surface area contributed by atoms with Gasteiger partial charge in [0.2, 0.25) is 0 Å². The molecular formula is C10H16O5. The highest BCUT2D eigenvalue weighted by Crippen LogP contribution is 2.36. The van der Waals surface area contributed by atoms with E-state index >= 15 is 0 Å². The van der Waals surface area contributed by atoms with Crippen LogP contribution in [0.3, 0.4) is 0 Å². The molecule has 1 aliphatic heterocycles. The number of hydrogen-bond acceptors (Lipinski definition) is 4. The number of cyclic esters (lactones) is 1. The molecule has 2 N–H and O–H groups in total. The minimum atomic E-state index is -1.58. The fraction of sp³-hybridized carbons (Fsp3) is 0.800. The molecule has 0 amide bonds. The predicted octanol–water partition coefficient (Wildman–Crippen LogP) is 0.410. The standard InChI is InChI=1S/C10H16O5/c1-4-6(8(11)12)7-5(2)10(3,14)9(13)15-7/h5-7,14H,4H2,1-3H3,(H,11,12)/t5-,6-,7-,10-/m1/s1. The molecule has 0 aromatic rings. The number of carbonyl (C=O) groups excluding carboxylic acids is 1. The Morgan fingerprint density at radius 2 is 2.20 bits per heavy atom. The summed E-state index contributed by atoms with van der Waals surface area (Å²) >= 11 is 0. The third-order valence-electron chi connectivity index (χ3n) is 3.19. The van der Waals surface area contributed by atoms with Gasteiger partial charge in [-0.05, 0) is 13.3 Å². The molecule has 0 aliphatic carbocycles. The molecule has 0 unspecified atom stereocenters. The van der Waals surface area contributed by atoms with Crippen LogP contribution >= 0.6 is 0 Å². The van der Waals surface area contributed by atoms with Gasteiger partial charge in [0.1, 0.15) is 6.10 Å². The lowest BCUT2D eigenvalue weighted by molar-refractivity contribution is -0.157. The maximum Gasteiger partial charge on any atom is 0.338 e. The second kappa shape index (κ2) is 3.81. The average Bonchev–Trinajstić information content (AvgIpc) is 2.31. The zero-order valence-electron chi connectivity index (χ0n) is 9.06. The van der Waals surface area contributed by atoms with Gasteiger partial charge in [0.05, 0.1) is 5.92 Å². The Balaban J connectivity index is 2.91. The first-order valence-electron chi connectivity index (χ1n) is 4.98. The van der Waals surface area contributed by atoms with E-state index in [2.05, 4.69) is 0 Å². The summed E-state index contributed by atoms with van der Waals surface area (Å²) in [5.41, 5.74) is -1.58. The molecule has 1 rings (SSSR count). The minimum absolute atomic E-state index is 0.369. The Morgan fingerprint density at radius 1 is 1.67 bits per heavy atom. The van der Waals surface area contributed by atoms with E-state index in [-0.39, 0.29) is 0 Å². The lowest BCUT2D eigenvalue weighted by Crippen LogP contribution is -2.39. The summed E-state index contributed by atoms with van der Waals surface area (Å²) in [7, 11) is 0. The summed E-state index contributed by atoms with van der Waals surface area (Å²) in [6, 6.07) is 0. The Morgan fingerprint density at radius 3 is 2.47 bits per heavy atom. The number of rotatable bonds is 3. The van der Waals surface area contributed by atoms with Crippen molar-refractivity contribution < 1.29 is 24.5 Å². The zero-order valence-corrected chi connectivity index (χ0v) is 9.06.